The van der Waals surface area contributed by atoms with E-state index in [-0.39, 0.29) is 11.3 Å². The van der Waals surface area contributed by atoms with Crippen LogP contribution in [0.25, 0.3) is 0 Å². The predicted molar refractivity (Wildman–Crippen MR) is 84.7 cm³/mol. The predicted octanol–water partition coefficient (Wildman–Crippen LogP) is 4.40. The molecule has 0 spiro atoms. The molecule has 0 unspecified atom stereocenters. The minimum atomic E-state index is 0.121. The number of nitrogens with zero attached hydrogens (tertiary/aromatic N) is 1. The van der Waals surface area contributed by atoms with Crippen LogP contribution in [0.15, 0.2) is 46.3 Å². The Morgan fingerprint density at radius 1 is 1.26 bits per heavy atom. The maximum absolute atomic E-state index is 12.6. The average molecular weight is 354 g/mol. The Kier molecular flexibility index (Phi) is 3.96. The molecule has 1 aromatic heterocycles. The van der Waals surface area contributed by atoms with Crippen molar-refractivity contribution in [2.75, 3.05) is 12.3 Å². The minimum Gasteiger partial charge on any atom is -0.321 e. The van der Waals surface area contributed by atoms with Gasteiger partial charge >= 0.3 is 0 Å². The van der Waals surface area contributed by atoms with Crippen LogP contribution >= 0.6 is 39.0 Å². The highest BCUT2D eigenvalue weighted by Gasteiger charge is 2.31. The lowest BCUT2D eigenvalue weighted by atomic mass is 10.2. The first kappa shape index (κ1) is 13.2. The molecule has 5 heteroatoms. The standard InChI is InChI=1S/C14H12BrNOS2/c15-11-5-3-10(4-6-11)13(17)16-7-9-19-14(16)12-2-1-8-18-12/h1-6,8,14H,7,9H2/t14-/m0/s1. The molecule has 1 saturated heterocycles. The number of thioether (sulfide) groups is 1. The van der Waals surface area contributed by atoms with Crippen LogP contribution in [0.2, 0.25) is 0 Å². The molecule has 0 aliphatic carbocycles. The normalized spacial score (nSPS) is 18.8. The summed E-state index contributed by atoms with van der Waals surface area (Å²) in [6, 6.07) is 11.7. The van der Waals surface area contributed by atoms with Gasteiger partial charge in [0.2, 0.25) is 0 Å². The summed E-state index contributed by atoms with van der Waals surface area (Å²) in [5.41, 5.74) is 0.757. The Hall–Kier alpha value is -0.780. The van der Waals surface area contributed by atoms with Crippen molar-refractivity contribution in [2.45, 2.75) is 5.37 Å². The number of hydrogen-bond acceptors (Lipinski definition) is 3. The number of hydrogen-bond donors (Lipinski definition) is 0. The number of thiophene rings is 1. The van der Waals surface area contributed by atoms with Crippen LogP contribution in [0, 0.1) is 0 Å². The number of halogens is 1. The van der Waals surface area contributed by atoms with E-state index in [2.05, 4.69) is 27.4 Å². The molecular formula is C14H12BrNOS2. The summed E-state index contributed by atoms with van der Waals surface area (Å²) < 4.78 is 0.995. The molecule has 0 saturated carbocycles. The van der Waals surface area contributed by atoms with E-state index < -0.39 is 0 Å². The van der Waals surface area contributed by atoms with E-state index in [1.54, 1.807) is 11.3 Å². The van der Waals surface area contributed by atoms with E-state index >= 15 is 0 Å². The van der Waals surface area contributed by atoms with Crippen LogP contribution in [0.4, 0.5) is 0 Å². The minimum absolute atomic E-state index is 0.121. The second-order valence-corrected chi connectivity index (χ2v) is 7.33. The van der Waals surface area contributed by atoms with E-state index in [0.29, 0.717) is 0 Å². The molecule has 1 amide bonds. The molecule has 3 rings (SSSR count). The second kappa shape index (κ2) is 5.69. The number of benzene rings is 1. The Morgan fingerprint density at radius 3 is 2.74 bits per heavy atom. The number of carbonyl (C=O) groups excluding carboxylic acids is 1. The van der Waals surface area contributed by atoms with Crippen molar-refractivity contribution in [3.63, 3.8) is 0 Å². The van der Waals surface area contributed by atoms with Gasteiger partial charge in [-0.05, 0) is 35.7 Å². The highest BCUT2D eigenvalue weighted by atomic mass is 79.9. The molecule has 0 bridgehead atoms. The third kappa shape index (κ3) is 2.73. The zero-order valence-electron chi connectivity index (χ0n) is 10.1. The molecule has 0 N–H and O–H groups in total. The van der Waals surface area contributed by atoms with Crippen molar-refractivity contribution in [3.8, 4) is 0 Å². The van der Waals surface area contributed by atoms with Gasteiger partial charge in [0.25, 0.3) is 5.91 Å². The summed E-state index contributed by atoms with van der Waals surface area (Å²) in [5, 5.41) is 2.24. The summed E-state index contributed by atoms with van der Waals surface area (Å²) in [6.45, 7) is 0.822. The van der Waals surface area contributed by atoms with Crippen LogP contribution in [-0.2, 0) is 0 Å². The van der Waals surface area contributed by atoms with Crippen molar-refractivity contribution >= 4 is 44.9 Å². The summed E-state index contributed by atoms with van der Waals surface area (Å²) >= 11 is 6.95. The zero-order chi connectivity index (χ0) is 13.2. The van der Waals surface area contributed by atoms with E-state index in [4.69, 9.17) is 0 Å². The molecule has 1 atom stereocenters. The molecule has 0 radical (unpaired) electrons. The number of carbonyl (C=O) groups is 1. The summed E-state index contributed by atoms with van der Waals surface area (Å²) in [4.78, 5) is 15.8. The van der Waals surface area contributed by atoms with Crippen molar-refractivity contribution in [2.24, 2.45) is 0 Å². The SMILES string of the molecule is O=C(c1ccc(Br)cc1)N1CCS[C@H]1c1cccs1. The van der Waals surface area contributed by atoms with E-state index in [9.17, 15) is 4.79 Å². The smallest absolute Gasteiger partial charge is 0.255 e. The van der Waals surface area contributed by atoms with Crippen molar-refractivity contribution in [3.05, 3.63) is 56.7 Å². The quantitative estimate of drug-likeness (QED) is 0.797. The van der Waals surface area contributed by atoms with Gasteiger partial charge in [-0.15, -0.1) is 23.1 Å². The van der Waals surface area contributed by atoms with Gasteiger partial charge in [-0.2, -0.15) is 0 Å². The van der Waals surface area contributed by atoms with Gasteiger partial charge in [-0.3, -0.25) is 4.79 Å². The van der Waals surface area contributed by atoms with E-state index in [0.717, 1.165) is 22.3 Å². The molecule has 2 nitrogen and oxygen atoms in total. The summed E-state index contributed by atoms with van der Waals surface area (Å²) in [7, 11) is 0. The monoisotopic (exact) mass is 353 g/mol. The Labute approximate surface area is 128 Å². The average Bonchev–Trinajstić information content (AvgIpc) is 3.09. The first-order valence-electron chi connectivity index (χ1n) is 5.97. The van der Waals surface area contributed by atoms with E-state index in [1.165, 1.54) is 4.88 Å². The number of rotatable bonds is 2. The molecule has 98 valence electrons. The fraction of sp³-hybridized carbons (Fsp3) is 0.214. The van der Waals surface area contributed by atoms with E-state index in [1.807, 2.05) is 47.0 Å². The Morgan fingerprint density at radius 2 is 2.05 bits per heavy atom. The molecule has 1 aromatic carbocycles. The van der Waals surface area contributed by atoms with Crippen molar-refractivity contribution in [1.82, 2.24) is 4.90 Å². The van der Waals surface area contributed by atoms with Gasteiger partial charge < -0.3 is 4.90 Å². The van der Waals surface area contributed by atoms with Gasteiger partial charge in [-0.25, -0.2) is 0 Å². The van der Waals surface area contributed by atoms with Gasteiger partial charge in [0.05, 0.1) is 0 Å². The van der Waals surface area contributed by atoms with Crippen LogP contribution in [-0.4, -0.2) is 23.1 Å². The fourth-order valence-corrected chi connectivity index (χ4v) is 4.60. The van der Waals surface area contributed by atoms with Gasteiger partial charge in [0, 0.05) is 27.2 Å². The molecule has 2 aromatic rings. The second-order valence-electron chi connectivity index (χ2n) is 4.24. The highest BCUT2D eigenvalue weighted by Crippen LogP contribution is 2.40. The number of amides is 1. The van der Waals surface area contributed by atoms with Gasteiger partial charge in [0.1, 0.15) is 5.37 Å². The molecule has 19 heavy (non-hydrogen) atoms. The third-order valence-electron chi connectivity index (χ3n) is 3.03. The fourth-order valence-electron chi connectivity index (χ4n) is 2.10. The lowest BCUT2D eigenvalue weighted by Crippen LogP contribution is -2.30. The Balaban J connectivity index is 1.84. The van der Waals surface area contributed by atoms with Gasteiger partial charge in [-0.1, -0.05) is 22.0 Å². The topological polar surface area (TPSA) is 20.3 Å². The van der Waals surface area contributed by atoms with Crippen molar-refractivity contribution in [1.29, 1.82) is 0 Å². The largest absolute Gasteiger partial charge is 0.321 e. The van der Waals surface area contributed by atoms with Crippen molar-refractivity contribution < 1.29 is 4.79 Å². The third-order valence-corrected chi connectivity index (χ3v) is 5.87. The van der Waals surface area contributed by atoms with Crippen LogP contribution < -0.4 is 0 Å². The highest BCUT2D eigenvalue weighted by molar-refractivity contribution is 9.10. The van der Waals surface area contributed by atoms with Crippen LogP contribution in [0.1, 0.15) is 20.6 Å². The van der Waals surface area contributed by atoms with Gasteiger partial charge in [0.15, 0.2) is 0 Å². The molecule has 2 heterocycles. The first-order valence-corrected chi connectivity index (χ1v) is 8.69. The van der Waals surface area contributed by atoms with Crippen LogP contribution in [0.3, 0.4) is 0 Å². The maximum atomic E-state index is 12.6. The lowest BCUT2D eigenvalue weighted by Gasteiger charge is -2.23. The maximum Gasteiger partial charge on any atom is 0.255 e. The van der Waals surface area contributed by atoms with Crippen LogP contribution in [0.5, 0.6) is 0 Å². The molecule has 1 aliphatic heterocycles. The first-order chi connectivity index (χ1) is 9.25. The lowest BCUT2D eigenvalue weighted by molar-refractivity contribution is 0.0762. The Bertz CT molecular complexity index is 568. The summed E-state index contributed by atoms with van der Waals surface area (Å²) in [5.74, 6) is 1.13. The molecule has 1 fully saturated rings. The molecular weight excluding hydrogens is 342 g/mol. The zero-order valence-corrected chi connectivity index (χ0v) is 13.3. The molecule has 1 aliphatic rings. The summed E-state index contributed by atoms with van der Waals surface area (Å²) in [6.07, 6.45) is 0.